The van der Waals surface area contributed by atoms with Crippen LogP contribution in [0.1, 0.15) is 5.69 Å². The number of rotatable bonds is 3. The minimum absolute atomic E-state index is 0.914. The molecular formula is C24H19N4+. The van der Waals surface area contributed by atoms with Crippen LogP contribution in [0.5, 0.6) is 0 Å². The number of benzene rings is 3. The zero-order valence-corrected chi connectivity index (χ0v) is 15.5. The molecule has 0 fully saturated rings. The van der Waals surface area contributed by atoms with Crippen molar-refractivity contribution in [3.63, 3.8) is 0 Å². The first-order chi connectivity index (χ1) is 13.8. The molecular weight excluding hydrogens is 344 g/mol. The third-order valence-electron chi connectivity index (χ3n) is 4.83. The topological polar surface area (TPSA) is 34.3 Å². The van der Waals surface area contributed by atoms with E-state index < -0.39 is 0 Å². The van der Waals surface area contributed by atoms with Crippen LogP contribution < -0.4 is 4.63 Å². The molecule has 0 saturated heterocycles. The molecule has 0 atom stereocenters. The van der Waals surface area contributed by atoms with Crippen molar-refractivity contribution in [3.05, 3.63) is 103 Å². The van der Waals surface area contributed by atoms with Gasteiger partial charge in [0.25, 0.3) is 5.69 Å². The number of fused-ring (bicyclic) bond motifs is 1. The predicted molar refractivity (Wildman–Crippen MR) is 110 cm³/mol. The van der Waals surface area contributed by atoms with Crippen molar-refractivity contribution < 1.29 is 4.63 Å². The average molecular weight is 363 g/mol. The normalized spacial score (nSPS) is 11.0. The standard InChI is InChI=1S/C24H19N4/c1-18-17-22(19-11-5-2-6-12-19)25-28-24(21-15-9-4-10-16-21)23(26-27(18)28)20-13-7-3-8-14-20/h2-17H,1H3/q+1. The second-order valence-electron chi connectivity index (χ2n) is 6.75. The highest BCUT2D eigenvalue weighted by molar-refractivity contribution is 5.75. The molecule has 0 amide bonds. The molecule has 0 aliphatic heterocycles. The minimum Gasteiger partial charge on any atom is -0.0622 e. The maximum atomic E-state index is 4.95. The lowest BCUT2D eigenvalue weighted by Gasteiger charge is -2.02. The van der Waals surface area contributed by atoms with Crippen LogP contribution in [0.15, 0.2) is 97.1 Å². The summed E-state index contributed by atoms with van der Waals surface area (Å²) in [5.41, 5.74) is 7.08. The van der Waals surface area contributed by atoms with Crippen molar-refractivity contribution >= 4 is 0 Å². The number of hydrogen-bond donors (Lipinski definition) is 0. The fraction of sp³-hybridized carbons (Fsp3) is 0.0417. The molecule has 134 valence electrons. The van der Waals surface area contributed by atoms with Crippen molar-refractivity contribution in [1.82, 2.24) is 14.8 Å². The van der Waals surface area contributed by atoms with Gasteiger partial charge in [0.05, 0.1) is 5.10 Å². The Labute approximate surface area is 163 Å². The summed E-state index contributed by atoms with van der Waals surface area (Å²) in [6.45, 7) is 2.06. The van der Waals surface area contributed by atoms with Gasteiger partial charge in [-0.25, -0.2) is 0 Å². The highest BCUT2D eigenvalue weighted by atomic mass is 15.6. The van der Waals surface area contributed by atoms with Crippen LogP contribution in [-0.4, -0.2) is 14.8 Å². The van der Waals surface area contributed by atoms with E-state index in [2.05, 4.69) is 49.4 Å². The zero-order valence-electron chi connectivity index (χ0n) is 15.5. The van der Waals surface area contributed by atoms with Crippen LogP contribution in [0.2, 0.25) is 0 Å². The second-order valence-corrected chi connectivity index (χ2v) is 6.75. The lowest BCUT2D eigenvalue weighted by Crippen LogP contribution is -2.36. The van der Waals surface area contributed by atoms with Crippen molar-refractivity contribution in [2.24, 2.45) is 0 Å². The van der Waals surface area contributed by atoms with Crippen molar-refractivity contribution in [3.8, 4) is 33.8 Å². The molecule has 0 unspecified atom stereocenters. The molecule has 2 heterocycles. The SMILES string of the molecule is Cc1cc(-c2ccccc2)n[n+]2c(-c3ccccc3)c(-c3ccccc3)nn12. The van der Waals surface area contributed by atoms with E-state index >= 15 is 0 Å². The molecule has 4 heteroatoms. The summed E-state index contributed by atoms with van der Waals surface area (Å²) < 4.78 is 3.78. The van der Waals surface area contributed by atoms with Gasteiger partial charge in [-0.05, 0) is 17.6 Å². The highest BCUT2D eigenvalue weighted by Gasteiger charge is 2.28. The average Bonchev–Trinajstić information content (AvgIpc) is 3.16. The summed E-state index contributed by atoms with van der Waals surface area (Å²) in [7, 11) is 0. The van der Waals surface area contributed by atoms with E-state index in [0.29, 0.717) is 0 Å². The molecule has 4 nitrogen and oxygen atoms in total. The lowest BCUT2D eigenvalue weighted by atomic mass is 10.1. The number of nitrogens with zero attached hydrogens (tertiary/aromatic N) is 4. The van der Waals surface area contributed by atoms with Gasteiger partial charge in [0.2, 0.25) is 5.69 Å². The smallest absolute Gasteiger partial charge is 0.0622 e. The summed E-state index contributed by atoms with van der Waals surface area (Å²) >= 11 is 0. The molecule has 0 spiro atoms. The van der Waals surface area contributed by atoms with Crippen LogP contribution in [-0.2, 0) is 0 Å². The van der Waals surface area contributed by atoms with Crippen molar-refractivity contribution in [2.75, 3.05) is 0 Å². The second kappa shape index (κ2) is 6.74. The Kier molecular flexibility index (Phi) is 3.95. The summed E-state index contributed by atoms with van der Waals surface area (Å²) in [6, 6.07) is 32.9. The quantitative estimate of drug-likeness (QED) is 0.438. The Balaban J connectivity index is 1.85. The Morgan fingerprint density at radius 1 is 0.679 bits per heavy atom. The minimum atomic E-state index is 0.914. The van der Waals surface area contributed by atoms with Gasteiger partial charge in [-0.1, -0.05) is 96.1 Å². The Morgan fingerprint density at radius 2 is 1.21 bits per heavy atom. The van der Waals surface area contributed by atoms with E-state index in [1.807, 2.05) is 63.9 Å². The van der Waals surface area contributed by atoms with E-state index in [0.717, 1.165) is 39.5 Å². The van der Waals surface area contributed by atoms with Gasteiger partial charge in [0.1, 0.15) is 11.4 Å². The summed E-state index contributed by atoms with van der Waals surface area (Å²) in [5.74, 6) is 0. The van der Waals surface area contributed by atoms with E-state index in [1.54, 1.807) is 0 Å². The van der Waals surface area contributed by atoms with Crippen molar-refractivity contribution in [1.29, 1.82) is 0 Å². The molecule has 0 bridgehead atoms. The monoisotopic (exact) mass is 363 g/mol. The first-order valence-electron chi connectivity index (χ1n) is 9.30. The van der Waals surface area contributed by atoms with Gasteiger partial charge < -0.3 is 0 Å². The Hall–Kier alpha value is -3.79. The molecule has 0 aliphatic rings. The molecule has 3 aromatic carbocycles. The summed E-state index contributed by atoms with van der Waals surface area (Å²) in [4.78, 5) is 0. The fourth-order valence-electron chi connectivity index (χ4n) is 3.47. The fourth-order valence-corrected chi connectivity index (χ4v) is 3.47. The van der Waals surface area contributed by atoms with Gasteiger partial charge in [-0.3, -0.25) is 0 Å². The molecule has 0 radical (unpaired) electrons. The van der Waals surface area contributed by atoms with Crippen LogP contribution >= 0.6 is 0 Å². The van der Waals surface area contributed by atoms with Crippen LogP contribution in [0, 0.1) is 6.92 Å². The van der Waals surface area contributed by atoms with Crippen LogP contribution in [0.25, 0.3) is 33.8 Å². The molecule has 28 heavy (non-hydrogen) atoms. The molecule has 5 aromatic rings. The Bertz CT molecular complexity index is 1240. The van der Waals surface area contributed by atoms with E-state index in [4.69, 9.17) is 10.2 Å². The maximum Gasteiger partial charge on any atom is 0.260 e. The van der Waals surface area contributed by atoms with Gasteiger partial charge in [0.15, 0.2) is 0 Å². The molecule has 0 saturated carbocycles. The highest BCUT2D eigenvalue weighted by Crippen LogP contribution is 2.28. The summed E-state index contributed by atoms with van der Waals surface area (Å²) in [5, 5.41) is 9.86. The third kappa shape index (κ3) is 2.76. The first kappa shape index (κ1) is 16.4. The molecule has 2 aromatic heterocycles. The largest absolute Gasteiger partial charge is 0.260 e. The lowest BCUT2D eigenvalue weighted by molar-refractivity contribution is -0.672. The van der Waals surface area contributed by atoms with Crippen LogP contribution in [0.3, 0.4) is 0 Å². The molecule has 0 aliphatic carbocycles. The van der Waals surface area contributed by atoms with Crippen molar-refractivity contribution in [2.45, 2.75) is 6.92 Å². The van der Waals surface area contributed by atoms with E-state index in [9.17, 15) is 0 Å². The van der Waals surface area contributed by atoms with Gasteiger partial charge >= 0.3 is 0 Å². The van der Waals surface area contributed by atoms with Gasteiger partial charge in [-0.15, -0.1) is 0 Å². The zero-order chi connectivity index (χ0) is 18.9. The van der Waals surface area contributed by atoms with Gasteiger partial charge in [-0.2, -0.15) is 0 Å². The first-order valence-corrected chi connectivity index (χ1v) is 9.30. The third-order valence-corrected chi connectivity index (χ3v) is 4.83. The van der Waals surface area contributed by atoms with Gasteiger partial charge in [0, 0.05) is 21.3 Å². The maximum absolute atomic E-state index is 4.95. The molecule has 0 N–H and O–H groups in total. The predicted octanol–water partition coefficient (Wildman–Crippen LogP) is 4.62. The Morgan fingerprint density at radius 3 is 1.82 bits per heavy atom. The van der Waals surface area contributed by atoms with E-state index in [-0.39, 0.29) is 0 Å². The van der Waals surface area contributed by atoms with Crippen LogP contribution in [0.4, 0.5) is 0 Å². The summed E-state index contributed by atoms with van der Waals surface area (Å²) in [6.07, 6.45) is 0. The number of aryl methyl sites for hydroxylation is 1. The van der Waals surface area contributed by atoms with E-state index in [1.165, 1.54) is 0 Å². The number of hydrogen-bond acceptors (Lipinski definition) is 2. The molecule has 5 rings (SSSR count). The number of aromatic nitrogens is 4.